The minimum Gasteiger partial charge on any atom is -0.734 e. The number of hydroxylamine groups is 2. The molecule has 0 saturated carbocycles. The standard InChI is InChI=1S/C21H28NO7/c1-20(2,3)15-12-14(27-7)13-16(21(4,5)6)19(15)29-18(24)9-8-17(23)28-11-10-22(25)26/h8-13,25H,1-7H3/q-1/b9-8+,11-10+. The molecule has 8 nitrogen and oxygen atoms in total. The van der Waals surface area contributed by atoms with Crippen molar-refractivity contribution in [2.24, 2.45) is 0 Å². The van der Waals surface area contributed by atoms with Crippen molar-refractivity contribution in [2.75, 3.05) is 7.11 Å². The Labute approximate surface area is 170 Å². The van der Waals surface area contributed by atoms with Crippen LogP contribution in [-0.2, 0) is 25.2 Å². The Morgan fingerprint density at radius 2 is 1.48 bits per heavy atom. The van der Waals surface area contributed by atoms with Gasteiger partial charge in [0.2, 0.25) is 0 Å². The van der Waals surface area contributed by atoms with Gasteiger partial charge in [0.25, 0.3) is 0 Å². The fraction of sp³-hybridized carbons (Fsp3) is 0.429. The molecule has 0 radical (unpaired) electrons. The summed E-state index contributed by atoms with van der Waals surface area (Å²) in [5.74, 6) is -0.612. The number of esters is 2. The van der Waals surface area contributed by atoms with Crippen molar-refractivity contribution in [3.63, 3.8) is 0 Å². The Morgan fingerprint density at radius 1 is 1.00 bits per heavy atom. The lowest BCUT2D eigenvalue weighted by Crippen LogP contribution is -2.21. The van der Waals surface area contributed by atoms with Crippen LogP contribution in [0.2, 0.25) is 0 Å². The van der Waals surface area contributed by atoms with Gasteiger partial charge in [-0.1, -0.05) is 41.5 Å². The van der Waals surface area contributed by atoms with E-state index in [1.54, 1.807) is 7.11 Å². The maximum Gasteiger partial charge on any atom is 0.336 e. The summed E-state index contributed by atoms with van der Waals surface area (Å²) in [6, 6.07) is 3.65. The monoisotopic (exact) mass is 406 g/mol. The average molecular weight is 406 g/mol. The first-order valence-corrected chi connectivity index (χ1v) is 8.91. The Morgan fingerprint density at radius 3 is 1.90 bits per heavy atom. The zero-order chi connectivity index (χ0) is 22.4. The highest BCUT2D eigenvalue weighted by Gasteiger charge is 2.29. The van der Waals surface area contributed by atoms with Crippen LogP contribution in [0.3, 0.4) is 0 Å². The van der Waals surface area contributed by atoms with E-state index in [4.69, 9.17) is 14.7 Å². The van der Waals surface area contributed by atoms with Crippen LogP contribution in [0.15, 0.2) is 36.7 Å². The molecule has 1 aromatic rings. The zero-order valence-electron chi connectivity index (χ0n) is 17.8. The molecule has 0 saturated heterocycles. The van der Waals surface area contributed by atoms with Crippen molar-refractivity contribution in [3.05, 3.63) is 53.1 Å². The number of hydrogen-bond donors (Lipinski definition) is 1. The highest BCUT2D eigenvalue weighted by atomic mass is 16.8. The number of rotatable bonds is 6. The third-order valence-corrected chi connectivity index (χ3v) is 3.84. The van der Waals surface area contributed by atoms with E-state index >= 15 is 0 Å². The molecule has 0 aliphatic carbocycles. The molecule has 0 bridgehead atoms. The molecular formula is C21H28NO7-. The number of carbonyl (C=O) groups is 2. The van der Waals surface area contributed by atoms with Crippen molar-refractivity contribution in [1.82, 2.24) is 5.23 Å². The van der Waals surface area contributed by atoms with Gasteiger partial charge >= 0.3 is 11.9 Å². The molecule has 0 aliphatic rings. The number of methoxy groups -OCH3 is 1. The van der Waals surface area contributed by atoms with Crippen molar-refractivity contribution in [2.45, 2.75) is 52.4 Å². The van der Waals surface area contributed by atoms with Gasteiger partial charge in [-0.25, -0.2) is 9.59 Å². The van der Waals surface area contributed by atoms with E-state index in [1.165, 1.54) is 0 Å². The molecule has 0 fully saturated rings. The van der Waals surface area contributed by atoms with Gasteiger partial charge in [-0.05, 0) is 23.0 Å². The molecule has 0 unspecified atom stereocenters. The molecule has 0 spiro atoms. The van der Waals surface area contributed by atoms with Gasteiger partial charge in [0.05, 0.1) is 7.11 Å². The summed E-state index contributed by atoms with van der Waals surface area (Å²) in [7, 11) is 1.57. The van der Waals surface area contributed by atoms with Crippen molar-refractivity contribution >= 4 is 11.9 Å². The van der Waals surface area contributed by atoms with Crippen LogP contribution in [0.4, 0.5) is 0 Å². The van der Waals surface area contributed by atoms with Crippen LogP contribution < -0.4 is 9.47 Å². The first-order valence-electron chi connectivity index (χ1n) is 8.91. The van der Waals surface area contributed by atoms with Crippen LogP contribution in [0.25, 0.3) is 0 Å². The lowest BCUT2D eigenvalue weighted by molar-refractivity contribution is -0.134. The van der Waals surface area contributed by atoms with Gasteiger partial charge < -0.3 is 24.6 Å². The number of carbonyl (C=O) groups excluding carboxylic acids is 2. The molecular weight excluding hydrogens is 378 g/mol. The van der Waals surface area contributed by atoms with Crippen molar-refractivity contribution < 1.29 is 29.0 Å². The van der Waals surface area contributed by atoms with Crippen LogP contribution in [0.1, 0.15) is 52.7 Å². The van der Waals surface area contributed by atoms with Gasteiger partial charge in [-0.2, -0.15) is 0 Å². The normalized spacial score (nSPS) is 12.3. The van der Waals surface area contributed by atoms with Gasteiger partial charge in [0, 0.05) is 29.5 Å². The first-order chi connectivity index (χ1) is 13.3. The topological polar surface area (TPSA) is 108 Å². The predicted molar refractivity (Wildman–Crippen MR) is 107 cm³/mol. The fourth-order valence-corrected chi connectivity index (χ4v) is 2.40. The summed E-state index contributed by atoms with van der Waals surface area (Å²) in [6.07, 6.45) is 3.04. The zero-order valence-corrected chi connectivity index (χ0v) is 17.8. The van der Waals surface area contributed by atoms with E-state index in [0.717, 1.165) is 23.3 Å². The van der Waals surface area contributed by atoms with Crippen LogP contribution in [0, 0.1) is 5.21 Å². The van der Waals surface area contributed by atoms with Gasteiger partial charge in [-0.3, -0.25) is 5.21 Å². The van der Waals surface area contributed by atoms with Crippen LogP contribution >= 0.6 is 0 Å². The van der Waals surface area contributed by atoms with Gasteiger partial charge in [0.1, 0.15) is 17.8 Å². The first kappa shape index (κ1) is 24.2. The second-order valence-electron chi connectivity index (χ2n) is 8.33. The van der Waals surface area contributed by atoms with E-state index < -0.39 is 17.2 Å². The van der Waals surface area contributed by atoms with Crippen LogP contribution in [-0.4, -0.2) is 29.5 Å². The molecule has 0 atom stereocenters. The number of nitrogens with zero attached hydrogens (tertiary/aromatic N) is 1. The Hall–Kier alpha value is -2.84. The maximum atomic E-state index is 12.3. The van der Waals surface area contributed by atoms with Gasteiger partial charge in [0.15, 0.2) is 0 Å². The smallest absolute Gasteiger partial charge is 0.336 e. The summed E-state index contributed by atoms with van der Waals surface area (Å²) < 4.78 is 15.5. The number of benzene rings is 1. The van der Waals surface area contributed by atoms with E-state index in [9.17, 15) is 14.8 Å². The molecule has 0 amide bonds. The van der Waals surface area contributed by atoms with Crippen molar-refractivity contribution in [3.8, 4) is 11.5 Å². The molecule has 1 N–H and O–H groups in total. The second kappa shape index (κ2) is 9.58. The molecule has 160 valence electrons. The van der Waals surface area contributed by atoms with E-state index in [-0.39, 0.29) is 10.8 Å². The third-order valence-electron chi connectivity index (χ3n) is 3.84. The Kier molecular flexibility index (Phi) is 7.99. The molecule has 0 aliphatic heterocycles. The minimum absolute atomic E-state index is 0.341. The predicted octanol–water partition coefficient (Wildman–Crippen LogP) is 3.96. The maximum absolute atomic E-state index is 12.3. The largest absolute Gasteiger partial charge is 0.734 e. The summed E-state index contributed by atoms with van der Waals surface area (Å²) in [5, 5.41) is 18.1. The quantitative estimate of drug-likeness (QED) is 0.249. The van der Waals surface area contributed by atoms with Crippen molar-refractivity contribution in [1.29, 1.82) is 0 Å². The average Bonchev–Trinajstić information content (AvgIpc) is 2.57. The van der Waals surface area contributed by atoms with Crippen LogP contribution in [0.5, 0.6) is 11.5 Å². The van der Waals surface area contributed by atoms with Gasteiger partial charge in [-0.15, -0.1) is 0 Å². The highest BCUT2D eigenvalue weighted by Crippen LogP contribution is 2.42. The number of hydrogen-bond acceptors (Lipinski definition) is 8. The Bertz CT molecular complexity index is 761. The number of ether oxygens (including phenoxy) is 3. The summed E-state index contributed by atoms with van der Waals surface area (Å²) in [4.78, 5) is 23.9. The second-order valence-corrected chi connectivity index (χ2v) is 8.33. The molecule has 1 rings (SSSR count). The summed E-state index contributed by atoms with van der Waals surface area (Å²) >= 11 is 0. The third kappa shape index (κ3) is 7.59. The molecule has 1 aromatic carbocycles. The summed E-state index contributed by atoms with van der Waals surface area (Å²) in [6.45, 7) is 11.9. The molecule has 29 heavy (non-hydrogen) atoms. The summed E-state index contributed by atoms with van der Waals surface area (Å²) in [5.41, 5.74) is 0.887. The van der Waals surface area contributed by atoms with E-state index in [2.05, 4.69) is 4.74 Å². The Balaban J connectivity index is 3.21. The van der Waals surface area contributed by atoms with E-state index in [0.29, 0.717) is 24.0 Å². The lowest BCUT2D eigenvalue weighted by Gasteiger charge is -2.29. The molecule has 0 heterocycles. The lowest BCUT2D eigenvalue weighted by atomic mass is 9.79. The van der Waals surface area contributed by atoms with E-state index in [1.807, 2.05) is 53.7 Å². The molecule has 8 heteroatoms. The minimum atomic E-state index is -0.915. The fourth-order valence-electron chi connectivity index (χ4n) is 2.40. The SMILES string of the molecule is COc1cc(C(C)(C)C)c(OC(=O)/C=C/C(=O)O/C=C/N([O-])O)c(C(C)(C)C)c1. The molecule has 0 aromatic heterocycles. The highest BCUT2D eigenvalue weighted by molar-refractivity contribution is 5.93.